The van der Waals surface area contributed by atoms with Crippen LogP contribution in [-0.4, -0.2) is 21.1 Å². The molecule has 5 heteroatoms. The average Bonchev–Trinajstić information content (AvgIpc) is 2.66. The van der Waals surface area contributed by atoms with Gasteiger partial charge >= 0.3 is 0 Å². The highest BCUT2D eigenvalue weighted by Crippen LogP contribution is 2.24. The zero-order chi connectivity index (χ0) is 10.7. The minimum Gasteiger partial charge on any atom is -0.311 e. The lowest BCUT2D eigenvalue weighted by Crippen LogP contribution is -1.88. The monoisotopic (exact) mass is 219 g/mol. The number of hydrogen-bond acceptors (Lipinski definition) is 4. The third kappa shape index (κ3) is 2.24. The van der Waals surface area contributed by atoms with Gasteiger partial charge in [0.1, 0.15) is 12.6 Å². The van der Waals surface area contributed by atoms with Crippen LogP contribution in [0.5, 0.6) is 0 Å². The number of rotatable bonds is 3. The molecule has 0 aliphatic rings. The van der Waals surface area contributed by atoms with Gasteiger partial charge < -0.3 is 4.57 Å². The molecule has 2 rings (SSSR count). The summed E-state index contributed by atoms with van der Waals surface area (Å²) < 4.78 is 1.85. The summed E-state index contributed by atoms with van der Waals surface area (Å²) in [5.41, 5.74) is 0.678. The van der Waals surface area contributed by atoms with E-state index in [4.69, 9.17) is 0 Å². The van der Waals surface area contributed by atoms with E-state index in [9.17, 15) is 4.79 Å². The lowest BCUT2D eigenvalue weighted by molar-refractivity contribution is 0.112. The Hall–Kier alpha value is -1.62. The molecule has 0 spiro atoms. The maximum Gasteiger partial charge on any atom is 0.195 e. The summed E-state index contributed by atoms with van der Waals surface area (Å²) in [6.45, 7) is 0. The van der Waals surface area contributed by atoms with Crippen molar-refractivity contribution in [3.05, 3.63) is 36.2 Å². The van der Waals surface area contributed by atoms with E-state index in [0.717, 1.165) is 16.3 Å². The molecule has 0 aliphatic carbocycles. The highest BCUT2D eigenvalue weighted by Gasteiger charge is 2.02. The number of hydrogen-bond donors (Lipinski definition) is 0. The number of carbonyl (C=O) groups excluding carboxylic acids is 1. The van der Waals surface area contributed by atoms with Gasteiger partial charge in [0.05, 0.1) is 0 Å². The molecule has 15 heavy (non-hydrogen) atoms. The molecule has 0 bridgehead atoms. The average molecular weight is 219 g/mol. The van der Waals surface area contributed by atoms with Crippen LogP contribution in [0.2, 0.25) is 0 Å². The summed E-state index contributed by atoms with van der Waals surface area (Å²) in [5, 5.41) is 8.58. The van der Waals surface area contributed by atoms with Crippen molar-refractivity contribution in [1.82, 2.24) is 14.8 Å². The quantitative estimate of drug-likeness (QED) is 0.738. The van der Waals surface area contributed by atoms with E-state index >= 15 is 0 Å². The fraction of sp³-hybridized carbons (Fsp3) is 0.100. The standard InChI is InChI=1S/C10H9N3OS/c1-13-7-11-12-10(13)15-9-4-2-8(6-14)3-5-9/h2-7H,1H3. The van der Waals surface area contributed by atoms with E-state index in [1.165, 1.54) is 11.8 Å². The topological polar surface area (TPSA) is 47.8 Å². The number of aryl methyl sites for hydroxylation is 1. The van der Waals surface area contributed by atoms with Gasteiger partial charge in [-0.2, -0.15) is 0 Å². The van der Waals surface area contributed by atoms with Crippen LogP contribution in [0, 0.1) is 0 Å². The number of aromatic nitrogens is 3. The van der Waals surface area contributed by atoms with Crippen LogP contribution in [0.25, 0.3) is 0 Å². The normalized spacial score (nSPS) is 10.2. The maximum absolute atomic E-state index is 10.5. The molecular weight excluding hydrogens is 210 g/mol. The van der Waals surface area contributed by atoms with Crippen LogP contribution >= 0.6 is 11.8 Å². The zero-order valence-corrected chi connectivity index (χ0v) is 8.94. The molecule has 4 nitrogen and oxygen atoms in total. The predicted molar refractivity (Wildman–Crippen MR) is 57.0 cm³/mol. The summed E-state index contributed by atoms with van der Waals surface area (Å²) in [6.07, 6.45) is 2.49. The summed E-state index contributed by atoms with van der Waals surface area (Å²) >= 11 is 1.51. The van der Waals surface area contributed by atoms with E-state index < -0.39 is 0 Å². The summed E-state index contributed by atoms with van der Waals surface area (Å²) in [5.74, 6) is 0. The van der Waals surface area contributed by atoms with Gasteiger partial charge in [0.2, 0.25) is 0 Å². The molecule has 0 saturated carbocycles. The van der Waals surface area contributed by atoms with Crippen molar-refractivity contribution < 1.29 is 4.79 Å². The van der Waals surface area contributed by atoms with Crippen molar-refractivity contribution >= 4 is 18.0 Å². The molecule has 0 fully saturated rings. The van der Waals surface area contributed by atoms with Crippen molar-refractivity contribution in [1.29, 1.82) is 0 Å². The van der Waals surface area contributed by atoms with Crippen LogP contribution in [0.3, 0.4) is 0 Å². The van der Waals surface area contributed by atoms with Gasteiger partial charge in [-0.05, 0) is 23.9 Å². The first-order valence-corrected chi connectivity index (χ1v) is 5.18. The molecule has 2 aromatic rings. The van der Waals surface area contributed by atoms with Gasteiger partial charge in [-0.15, -0.1) is 10.2 Å². The third-order valence-electron chi connectivity index (χ3n) is 1.90. The predicted octanol–water partition coefficient (Wildman–Crippen LogP) is 1.78. The molecule has 0 radical (unpaired) electrons. The smallest absolute Gasteiger partial charge is 0.195 e. The molecule has 1 aromatic heterocycles. The minimum absolute atomic E-state index is 0.678. The minimum atomic E-state index is 0.678. The molecular formula is C10H9N3OS. The Morgan fingerprint density at radius 1 is 1.33 bits per heavy atom. The highest BCUT2D eigenvalue weighted by atomic mass is 32.2. The molecule has 0 N–H and O–H groups in total. The summed E-state index contributed by atoms with van der Waals surface area (Å²) in [6, 6.07) is 7.35. The Labute approximate surface area is 91.3 Å². The Bertz CT molecular complexity index is 464. The van der Waals surface area contributed by atoms with Crippen molar-refractivity contribution in [3.8, 4) is 0 Å². The lowest BCUT2D eigenvalue weighted by Gasteiger charge is -1.99. The van der Waals surface area contributed by atoms with Crippen LogP contribution in [0.4, 0.5) is 0 Å². The van der Waals surface area contributed by atoms with E-state index in [-0.39, 0.29) is 0 Å². The van der Waals surface area contributed by atoms with E-state index in [1.54, 1.807) is 18.5 Å². The highest BCUT2D eigenvalue weighted by molar-refractivity contribution is 7.99. The van der Waals surface area contributed by atoms with Crippen molar-refractivity contribution in [2.24, 2.45) is 7.05 Å². The van der Waals surface area contributed by atoms with Crippen molar-refractivity contribution in [3.63, 3.8) is 0 Å². The first-order valence-electron chi connectivity index (χ1n) is 4.36. The van der Waals surface area contributed by atoms with Crippen LogP contribution < -0.4 is 0 Å². The van der Waals surface area contributed by atoms with Gasteiger partial charge in [0.25, 0.3) is 0 Å². The maximum atomic E-state index is 10.5. The first-order chi connectivity index (χ1) is 7.29. The summed E-state index contributed by atoms with van der Waals surface area (Å²) in [4.78, 5) is 11.5. The van der Waals surface area contributed by atoms with E-state index in [0.29, 0.717) is 5.56 Å². The second-order valence-corrected chi connectivity index (χ2v) is 4.05. The van der Waals surface area contributed by atoms with Crippen LogP contribution in [0.15, 0.2) is 40.6 Å². The number of benzene rings is 1. The molecule has 0 amide bonds. The SMILES string of the molecule is Cn1cnnc1Sc1ccc(C=O)cc1. The van der Waals surface area contributed by atoms with Crippen LogP contribution in [-0.2, 0) is 7.05 Å². The molecule has 1 aromatic carbocycles. The number of carbonyl (C=O) groups is 1. The molecule has 0 saturated heterocycles. The van der Waals surface area contributed by atoms with Crippen LogP contribution in [0.1, 0.15) is 10.4 Å². The fourth-order valence-electron chi connectivity index (χ4n) is 1.08. The van der Waals surface area contributed by atoms with Gasteiger partial charge in [-0.3, -0.25) is 4.79 Å². The molecule has 76 valence electrons. The molecule has 0 aliphatic heterocycles. The van der Waals surface area contributed by atoms with Gasteiger partial charge in [0, 0.05) is 17.5 Å². The van der Waals surface area contributed by atoms with Crippen molar-refractivity contribution in [2.75, 3.05) is 0 Å². The Morgan fingerprint density at radius 3 is 2.60 bits per heavy atom. The fourth-order valence-corrected chi connectivity index (χ4v) is 1.85. The van der Waals surface area contributed by atoms with Gasteiger partial charge in [0.15, 0.2) is 5.16 Å². The van der Waals surface area contributed by atoms with Gasteiger partial charge in [-0.25, -0.2) is 0 Å². The van der Waals surface area contributed by atoms with Gasteiger partial charge in [-0.1, -0.05) is 12.1 Å². The number of nitrogens with zero attached hydrogens (tertiary/aromatic N) is 3. The lowest BCUT2D eigenvalue weighted by atomic mass is 10.2. The van der Waals surface area contributed by atoms with E-state index in [1.807, 2.05) is 23.7 Å². The second-order valence-electron chi connectivity index (χ2n) is 3.01. The van der Waals surface area contributed by atoms with Crippen molar-refractivity contribution in [2.45, 2.75) is 10.1 Å². The Morgan fingerprint density at radius 2 is 2.07 bits per heavy atom. The molecule has 1 heterocycles. The van der Waals surface area contributed by atoms with E-state index in [2.05, 4.69) is 10.2 Å². The number of aldehydes is 1. The Balaban J connectivity index is 2.18. The summed E-state index contributed by atoms with van der Waals surface area (Å²) in [7, 11) is 1.89. The second kappa shape index (κ2) is 4.27. The zero-order valence-electron chi connectivity index (χ0n) is 8.12. The Kier molecular flexibility index (Phi) is 2.82. The molecule has 0 unspecified atom stereocenters. The molecule has 0 atom stereocenters. The third-order valence-corrected chi connectivity index (χ3v) is 2.96. The largest absolute Gasteiger partial charge is 0.311 e. The first kappa shape index (κ1) is 9.92.